The van der Waals surface area contributed by atoms with E-state index in [9.17, 15) is 8.42 Å². The van der Waals surface area contributed by atoms with E-state index in [1.165, 1.54) is 0 Å². The quantitative estimate of drug-likeness (QED) is 0.745. The average Bonchev–Trinajstić information content (AvgIpc) is 2.54. The van der Waals surface area contributed by atoms with Gasteiger partial charge in [-0.15, -0.1) is 0 Å². The zero-order valence-electron chi connectivity index (χ0n) is 13.5. The maximum Gasteiger partial charge on any atom is 0.217 e. The van der Waals surface area contributed by atoms with Crippen LogP contribution >= 0.6 is 0 Å². The van der Waals surface area contributed by atoms with Crippen LogP contribution in [0.1, 0.15) is 39.5 Å². The van der Waals surface area contributed by atoms with Crippen LogP contribution in [0.15, 0.2) is 0 Å². The molecule has 0 amide bonds. The zero-order chi connectivity index (χ0) is 15.3. The fourth-order valence-corrected chi connectivity index (χ4v) is 5.31. The van der Waals surface area contributed by atoms with E-state index in [0.717, 1.165) is 32.5 Å². The predicted octanol–water partition coefficient (Wildman–Crippen LogP) is 1.55. The van der Waals surface area contributed by atoms with Gasteiger partial charge in [-0.25, -0.2) is 12.7 Å². The Morgan fingerprint density at radius 2 is 1.62 bits per heavy atom. The molecule has 0 bridgehead atoms. The summed E-state index contributed by atoms with van der Waals surface area (Å²) in [6.45, 7) is 10.2. The van der Waals surface area contributed by atoms with E-state index in [0.29, 0.717) is 45.1 Å². The van der Waals surface area contributed by atoms with Crippen LogP contribution in [0.4, 0.5) is 0 Å². The van der Waals surface area contributed by atoms with Gasteiger partial charge in [-0.05, 0) is 44.7 Å². The molecule has 0 unspecified atom stereocenters. The highest BCUT2D eigenvalue weighted by Crippen LogP contribution is 2.25. The molecule has 124 valence electrons. The van der Waals surface area contributed by atoms with Crippen LogP contribution in [0.5, 0.6) is 0 Å². The molecule has 0 atom stereocenters. The van der Waals surface area contributed by atoms with Gasteiger partial charge in [0.2, 0.25) is 10.0 Å². The average molecular weight is 318 g/mol. The molecule has 0 aliphatic carbocycles. The van der Waals surface area contributed by atoms with E-state index in [1.807, 2.05) is 0 Å². The van der Waals surface area contributed by atoms with Gasteiger partial charge in [0.05, 0.1) is 5.25 Å². The highest BCUT2D eigenvalue weighted by Gasteiger charge is 2.35. The summed E-state index contributed by atoms with van der Waals surface area (Å²) in [4.78, 5) is 2.44. The second-order valence-corrected chi connectivity index (χ2v) is 8.40. The summed E-state index contributed by atoms with van der Waals surface area (Å²) < 4.78 is 32.3. The SMILES string of the molecule is CCN(CC)CC1CCN(S(=O)(=O)C2CCOCC2)CC1. The van der Waals surface area contributed by atoms with E-state index in [2.05, 4.69) is 18.7 Å². The van der Waals surface area contributed by atoms with Crippen molar-refractivity contribution >= 4 is 10.0 Å². The summed E-state index contributed by atoms with van der Waals surface area (Å²) in [6, 6.07) is 0. The highest BCUT2D eigenvalue weighted by atomic mass is 32.2. The summed E-state index contributed by atoms with van der Waals surface area (Å²) in [5.74, 6) is 0.644. The Hall–Kier alpha value is -0.170. The minimum absolute atomic E-state index is 0.217. The molecule has 2 aliphatic rings. The highest BCUT2D eigenvalue weighted by molar-refractivity contribution is 7.89. The molecule has 0 radical (unpaired) electrons. The van der Waals surface area contributed by atoms with Crippen molar-refractivity contribution in [2.45, 2.75) is 44.8 Å². The van der Waals surface area contributed by atoms with Crippen LogP contribution in [0.2, 0.25) is 0 Å². The lowest BCUT2D eigenvalue weighted by atomic mass is 9.97. The first-order chi connectivity index (χ1) is 10.1. The molecule has 2 fully saturated rings. The smallest absolute Gasteiger partial charge is 0.217 e. The van der Waals surface area contributed by atoms with Crippen molar-refractivity contribution in [1.82, 2.24) is 9.21 Å². The van der Waals surface area contributed by atoms with E-state index >= 15 is 0 Å². The second-order valence-electron chi connectivity index (χ2n) is 6.18. The van der Waals surface area contributed by atoms with Crippen LogP contribution in [0.3, 0.4) is 0 Å². The number of hydrogen-bond donors (Lipinski definition) is 0. The van der Waals surface area contributed by atoms with Crippen LogP contribution in [-0.2, 0) is 14.8 Å². The summed E-state index contributed by atoms with van der Waals surface area (Å²) in [5.41, 5.74) is 0. The lowest BCUT2D eigenvalue weighted by Gasteiger charge is -2.36. The summed E-state index contributed by atoms with van der Waals surface area (Å²) >= 11 is 0. The third-order valence-corrected chi connectivity index (χ3v) is 7.33. The van der Waals surface area contributed by atoms with Crippen molar-refractivity contribution in [1.29, 1.82) is 0 Å². The van der Waals surface area contributed by atoms with Crippen molar-refractivity contribution in [2.24, 2.45) is 5.92 Å². The van der Waals surface area contributed by atoms with E-state index in [-0.39, 0.29) is 5.25 Å². The maximum atomic E-state index is 12.6. The molecule has 0 aromatic carbocycles. The number of hydrogen-bond acceptors (Lipinski definition) is 4. The summed E-state index contributed by atoms with van der Waals surface area (Å²) in [5, 5.41) is -0.217. The van der Waals surface area contributed by atoms with Gasteiger partial charge in [-0.3, -0.25) is 0 Å². The molecule has 6 heteroatoms. The first kappa shape index (κ1) is 17.2. The zero-order valence-corrected chi connectivity index (χ0v) is 14.3. The van der Waals surface area contributed by atoms with Gasteiger partial charge in [-0.2, -0.15) is 0 Å². The maximum absolute atomic E-state index is 12.6. The van der Waals surface area contributed by atoms with Crippen molar-refractivity contribution < 1.29 is 13.2 Å². The molecule has 2 aliphatic heterocycles. The normalized spacial score (nSPS) is 23.8. The predicted molar refractivity (Wildman–Crippen MR) is 84.8 cm³/mol. The molecule has 21 heavy (non-hydrogen) atoms. The molecular weight excluding hydrogens is 288 g/mol. The van der Waals surface area contributed by atoms with Crippen molar-refractivity contribution in [3.8, 4) is 0 Å². The lowest BCUT2D eigenvalue weighted by Crippen LogP contribution is -2.46. The van der Waals surface area contributed by atoms with E-state index in [1.54, 1.807) is 4.31 Å². The molecule has 2 heterocycles. The number of sulfonamides is 1. The van der Waals surface area contributed by atoms with E-state index < -0.39 is 10.0 Å². The second kappa shape index (κ2) is 7.90. The molecule has 0 spiro atoms. The lowest BCUT2D eigenvalue weighted by molar-refractivity contribution is 0.0965. The Kier molecular flexibility index (Phi) is 6.47. The molecule has 0 saturated carbocycles. The van der Waals surface area contributed by atoms with Crippen LogP contribution in [-0.4, -0.2) is 68.8 Å². The van der Waals surface area contributed by atoms with Crippen LogP contribution in [0, 0.1) is 5.92 Å². The van der Waals surface area contributed by atoms with Gasteiger partial charge in [0.15, 0.2) is 0 Å². The van der Waals surface area contributed by atoms with Crippen molar-refractivity contribution in [3.63, 3.8) is 0 Å². The fraction of sp³-hybridized carbons (Fsp3) is 1.00. The molecule has 0 N–H and O–H groups in total. The van der Waals surface area contributed by atoms with Gasteiger partial charge in [-0.1, -0.05) is 13.8 Å². The molecule has 5 nitrogen and oxygen atoms in total. The number of ether oxygens (including phenoxy) is 1. The van der Waals surface area contributed by atoms with Gasteiger partial charge in [0, 0.05) is 32.8 Å². The topological polar surface area (TPSA) is 49.9 Å². The molecule has 0 aromatic heterocycles. The third kappa shape index (κ3) is 4.41. The minimum Gasteiger partial charge on any atom is -0.381 e. The third-order valence-electron chi connectivity index (χ3n) is 4.93. The van der Waals surface area contributed by atoms with Crippen molar-refractivity contribution in [3.05, 3.63) is 0 Å². The Bertz CT molecular complexity index is 395. The largest absolute Gasteiger partial charge is 0.381 e. The van der Waals surface area contributed by atoms with Crippen molar-refractivity contribution in [2.75, 3.05) is 45.9 Å². The molecule has 2 rings (SSSR count). The molecule has 0 aromatic rings. The van der Waals surface area contributed by atoms with E-state index in [4.69, 9.17) is 4.74 Å². The van der Waals surface area contributed by atoms with Gasteiger partial charge >= 0.3 is 0 Å². The fourth-order valence-electron chi connectivity index (χ4n) is 3.38. The Morgan fingerprint density at radius 1 is 1.05 bits per heavy atom. The minimum atomic E-state index is -3.11. The number of rotatable bonds is 6. The first-order valence-corrected chi connectivity index (χ1v) is 9.87. The van der Waals surface area contributed by atoms with Gasteiger partial charge in [0.25, 0.3) is 0 Å². The Morgan fingerprint density at radius 3 is 2.14 bits per heavy atom. The molecular formula is C15H30N2O3S. The monoisotopic (exact) mass is 318 g/mol. The number of piperidine rings is 1. The first-order valence-electron chi connectivity index (χ1n) is 8.37. The Labute approximate surface area is 129 Å². The summed E-state index contributed by atoms with van der Waals surface area (Å²) in [6.07, 6.45) is 3.31. The summed E-state index contributed by atoms with van der Waals surface area (Å²) in [7, 11) is -3.11. The van der Waals surface area contributed by atoms with Crippen LogP contribution < -0.4 is 0 Å². The standard InChI is InChI=1S/C15H30N2O3S/c1-3-16(4-2)13-14-5-9-17(10-6-14)21(18,19)15-7-11-20-12-8-15/h14-15H,3-13H2,1-2H3. The number of nitrogens with zero attached hydrogens (tertiary/aromatic N) is 2. The van der Waals surface area contributed by atoms with Gasteiger partial charge in [0.1, 0.15) is 0 Å². The van der Waals surface area contributed by atoms with Crippen LogP contribution in [0.25, 0.3) is 0 Å². The van der Waals surface area contributed by atoms with Gasteiger partial charge < -0.3 is 9.64 Å². The molecule has 2 saturated heterocycles. The Balaban J connectivity index is 1.85.